The first kappa shape index (κ1) is 14.6. The number of carbonyl (C=O) groups excluding carboxylic acids is 1. The van der Waals surface area contributed by atoms with E-state index < -0.39 is 5.60 Å². The quantitative estimate of drug-likeness (QED) is 0.811. The lowest BCUT2D eigenvalue weighted by molar-refractivity contribution is 0.0270. The Labute approximate surface area is 130 Å². The van der Waals surface area contributed by atoms with Crippen LogP contribution in [0.15, 0.2) is 36.7 Å². The second-order valence-electron chi connectivity index (χ2n) is 6.52. The predicted molar refractivity (Wildman–Crippen MR) is 85.6 cm³/mol. The number of carbonyl (C=O) groups is 1. The van der Waals surface area contributed by atoms with Crippen molar-refractivity contribution in [3.63, 3.8) is 0 Å². The van der Waals surface area contributed by atoms with Crippen molar-refractivity contribution in [2.45, 2.75) is 32.8 Å². The molecule has 116 valence electrons. The highest BCUT2D eigenvalue weighted by Gasteiger charge is 2.23. The van der Waals surface area contributed by atoms with Gasteiger partial charge in [-0.25, -0.2) is 9.31 Å². The largest absolute Gasteiger partial charge is 0.444 e. The van der Waals surface area contributed by atoms with Gasteiger partial charge < -0.3 is 9.64 Å². The van der Waals surface area contributed by atoms with Crippen LogP contribution >= 0.6 is 0 Å². The monoisotopic (exact) mass is 299 g/mol. The van der Waals surface area contributed by atoms with Gasteiger partial charge in [-0.3, -0.25) is 0 Å². The van der Waals surface area contributed by atoms with Gasteiger partial charge >= 0.3 is 6.09 Å². The molecular weight excluding hydrogens is 278 g/mol. The number of ether oxygens (including phenoxy) is 1. The van der Waals surface area contributed by atoms with Crippen LogP contribution in [0, 0.1) is 0 Å². The molecular formula is C17H21N3O2. The van der Waals surface area contributed by atoms with Gasteiger partial charge in [0.05, 0.1) is 5.52 Å². The van der Waals surface area contributed by atoms with Gasteiger partial charge in [0.15, 0.2) is 0 Å². The van der Waals surface area contributed by atoms with E-state index >= 15 is 0 Å². The number of rotatable bonds is 1. The van der Waals surface area contributed by atoms with E-state index in [-0.39, 0.29) is 6.09 Å². The van der Waals surface area contributed by atoms with E-state index in [1.807, 2.05) is 37.5 Å². The molecule has 0 radical (unpaired) electrons. The molecule has 3 heterocycles. The first-order valence-electron chi connectivity index (χ1n) is 7.53. The van der Waals surface area contributed by atoms with Crippen LogP contribution in [0.5, 0.6) is 0 Å². The van der Waals surface area contributed by atoms with Gasteiger partial charge in [0.2, 0.25) is 0 Å². The van der Waals surface area contributed by atoms with Crippen molar-refractivity contribution in [3.05, 3.63) is 42.2 Å². The van der Waals surface area contributed by atoms with Gasteiger partial charge in [0.1, 0.15) is 5.60 Å². The third-order valence-corrected chi connectivity index (χ3v) is 3.63. The Morgan fingerprint density at radius 1 is 1.27 bits per heavy atom. The molecule has 5 nitrogen and oxygen atoms in total. The molecule has 0 saturated carbocycles. The summed E-state index contributed by atoms with van der Waals surface area (Å²) in [6.07, 6.45) is 6.50. The van der Waals surface area contributed by atoms with Crippen molar-refractivity contribution >= 4 is 17.2 Å². The molecule has 0 aromatic carbocycles. The zero-order chi connectivity index (χ0) is 15.7. The molecule has 0 saturated heterocycles. The molecule has 1 aliphatic heterocycles. The Morgan fingerprint density at radius 3 is 2.77 bits per heavy atom. The van der Waals surface area contributed by atoms with E-state index in [2.05, 4.69) is 23.3 Å². The fourth-order valence-electron chi connectivity index (χ4n) is 2.53. The van der Waals surface area contributed by atoms with E-state index in [1.54, 1.807) is 11.1 Å². The van der Waals surface area contributed by atoms with Gasteiger partial charge in [-0.1, -0.05) is 12.1 Å². The SMILES string of the molecule is CC(C)(C)OC(=O)N1CC=C(c2ccc3ccnn3c2)CC1. The average Bonchev–Trinajstić information content (AvgIpc) is 2.93. The van der Waals surface area contributed by atoms with E-state index in [1.165, 1.54) is 5.57 Å². The lowest BCUT2D eigenvalue weighted by Crippen LogP contribution is -2.39. The molecule has 1 amide bonds. The molecule has 0 fully saturated rings. The highest BCUT2D eigenvalue weighted by molar-refractivity contribution is 5.73. The van der Waals surface area contributed by atoms with Crippen LogP contribution in [-0.2, 0) is 4.74 Å². The minimum atomic E-state index is -0.452. The zero-order valence-electron chi connectivity index (χ0n) is 13.2. The number of nitrogens with zero attached hydrogens (tertiary/aromatic N) is 3. The fourth-order valence-corrected chi connectivity index (χ4v) is 2.53. The lowest BCUT2D eigenvalue weighted by Gasteiger charge is -2.29. The van der Waals surface area contributed by atoms with E-state index in [9.17, 15) is 4.79 Å². The smallest absolute Gasteiger partial charge is 0.410 e. The molecule has 22 heavy (non-hydrogen) atoms. The molecule has 0 aliphatic carbocycles. The summed E-state index contributed by atoms with van der Waals surface area (Å²) >= 11 is 0. The highest BCUT2D eigenvalue weighted by atomic mass is 16.6. The summed E-state index contributed by atoms with van der Waals surface area (Å²) in [7, 11) is 0. The molecule has 0 spiro atoms. The summed E-state index contributed by atoms with van der Waals surface area (Å²) in [5, 5.41) is 4.26. The number of hydrogen-bond acceptors (Lipinski definition) is 3. The Kier molecular flexibility index (Phi) is 3.64. The molecule has 0 unspecified atom stereocenters. The predicted octanol–water partition coefficient (Wildman–Crippen LogP) is 3.36. The highest BCUT2D eigenvalue weighted by Crippen LogP contribution is 2.23. The van der Waals surface area contributed by atoms with Crippen LogP contribution in [0.2, 0.25) is 0 Å². The van der Waals surface area contributed by atoms with Crippen molar-refractivity contribution < 1.29 is 9.53 Å². The fraction of sp³-hybridized carbons (Fsp3) is 0.412. The standard InChI is InChI=1S/C17H21N3O2/c1-17(2,3)22-16(21)19-10-7-13(8-11-19)14-4-5-15-6-9-18-20(15)12-14/h4-7,9,12H,8,10-11H2,1-3H3. The zero-order valence-corrected chi connectivity index (χ0v) is 13.2. The first-order chi connectivity index (χ1) is 10.4. The summed E-state index contributed by atoms with van der Waals surface area (Å²) < 4.78 is 7.28. The first-order valence-corrected chi connectivity index (χ1v) is 7.53. The van der Waals surface area contributed by atoms with E-state index in [0.29, 0.717) is 13.1 Å². The Balaban J connectivity index is 1.72. The summed E-state index contributed by atoms with van der Waals surface area (Å²) in [5.74, 6) is 0. The number of amides is 1. The lowest BCUT2D eigenvalue weighted by atomic mass is 10.0. The molecule has 5 heteroatoms. The van der Waals surface area contributed by atoms with Gasteiger partial charge in [-0.05, 0) is 50.5 Å². The number of hydrogen-bond donors (Lipinski definition) is 0. The van der Waals surface area contributed by atoms with Gasteiger partial charge in [0.25, 0.3) is 0 Å². The molecule has 0 N–H and O–H groups in total. The molecule has 2 aromatic heterocycles. The maximum Gasteiger partial charge on any atom is 0.410 e. The van der Waals surface area contributed by atoms with Crippen LogP contribution in [-0.4, -0.2) is 39.3 Å². The van der Waals surface area contributed by atoms with Gasteiger partial charge in [0, 0.05) is 25.5 Å². The van der Waals surface area contributed by atoms with Gasteiger partial charge in [-0.2, -0.15) is 5.10 Å². The minimum Gasteiger partial charge on any atom is -0.444 e. The Bertz CT molecular complexity index is 725. The summed E-state index contributed by atoms with van der Waals surface area (Å²) in [6, 6.07) is 6.14. The Hall–Kier alpha value is -2.30. The molecule has 2 aromatic rings. The summed E-state index contributed by atoms with van der Waals surface area (Å²) in [4.78, 5) is 13.8. The third kappa shape index (κ3) is 3.13. The van der Waals surface area contributed by atoms with E-state index in [4.69, 9.17) is 4.74 Å². The van der Waals surface area contributed by atoms with E-state index in [0.717, 1.165) is 17.5 Å². The summed E-state index contributed by atoms with van der Waals surface area (Å²) in [5.41, 5.74) is 3.03. The van der Waals surface area contributed by atoms with Gasteiger partial charge in [-0.15, -0.1) is 0 Å². The van der Waals surface area contributed by atoms with Crippen LogP contribution in [0.3, 0.4) is 0 Å². The van der Waals surface area contributed by atoms with Crippen LogP contribution in [0.1, 0.15) is 32.8 Å². The average molecular weight is 299 g/mol. The molecule has 0 bridgehead atoms. The molecule has 1 aliphatic rings. The number of pyridine rings is 1. The van der Waals surface area contributed by atoms with Crippen molar-refractivity contribution in [2.75, 3.05) is 13.1 Å². The second-order valence-corrected chi connectivity index (χ2v) is 6.52. The van der Waals surface area contributed by atoms with Crippen LogP contribution in [0.25, 0.3) is 11.1 Å². The molecule has 0 atom stereocenters. The van der Waals surface area contributed by atoms with Crippen molar-refractivity contribution in [3.8, 4) is 0 Å². The van der Waals surface area contributed by atoms with Crippen molar-refractivity contribution in [2.24, 2.45) is 0 Å². The van der Waals surface area contributed by atoms with Crippen LogP contribution < -0.4 is 0 Å². The minimum absolute atomic E-state index is 0.245. The Morgan fingerprint density at radius 2 is 2.09 bits per heavy atom. The number of aromatic nitrogens is 2. The molecule has 3 rings (SSSR count). The maximum atomic E-state index is 12.1. The maximum absolute atomic E-state index is 12.1. The van der Waals surface area contributed by atoms with Crippen molar-refractivity contribution in [1.82, 2.24) is 14.5 Å². The third-order valence-electron chi connectivity index (χ3n) is 3.63. The number of fused-ring (bicyclic) bond motifs is 1. The van der Waals surface area contributed by atoms with Crippen molar-refractivity contribution in [1.29, 1.82) is 0 Å². The van der Waals surface area contributed by atoms with Crippen LogP contribution in [0.4, 0.5) is 4.79 Å². The normalized spacial score (nSPS) is 15.8. The summed E-state index contributed by atoms with van der Waals surface area (Å²) in [6.45, 7) is 6.92. The second kappa shape index (κ2) is 5.48. The topological polar surface area (TPSA) is 46.8 Å².